The Bertz CT molecular complexity index is 719. The van der Waals surface area contributed by atoms with Crippen molar-refractivity contribution in [2.75, 3.05) is 52.2 Å². The van der Waals surface area contributed by atoms with Gasteiger partial charge in [0.2, 0.25) is 5.88 Å². The molecule has 1 aromatic heterocycles. The number of nitrogens with one attached hydrogen (secondary N) is 2. The van der Waals surface area contributed by atoms with E-state index in [9.17, 15) is 18.0 Å². The van der Waals surface area contributed by atoms with Crippen molar-refractivity contribution in [1.29, 1.82) is 0 Å². The first-order chi connectivity index (χ1) is 14.8. The molecule has 1 aliphatic carbocycles. The Kier molecular flexibility index (Phi) is 9.50. The number of halogens is 3. The Hall–Kier alpha value is -2.40. The fourth-order valence-corrected chi connectivity index (χ4v) is 2.96. The minimum Gasteiger partial charge on any atom is -0.474 e. The summed E-state index contributed by atoms with van der Waals surface area (Å²) in [6, 6.07) is 0.170. The largest absolute Gasteiger partial charge is 0.474 e. The van der Waals surface area contributed by atoms with Crippen LogP contribution >= 0.6 is 0 Å². The average molecular weight is 445 g/mol. The molecule has 0 bridgehead atoms. The summed E-state index contributed by atoms with van der Waals surface area (Å²) in [6.07, 6.45) is 2.31. The van der Waals surface area contributed by atoms with E-state index in [2.05, 4.69) is 32.1 Å². The lowest BCUT2D eigenvalue weighted by atomic mass is 9.96. The highest BCUT2D eigenvalue weighted by atomic mass is 19.4. The van der Waals surface area contributed by atoms with Crippen molar-refractivity contribution in [2.24, 2.45) is 0 Å². The Morgan fingerprint density at radius 2 is 1.90 bits per heavy atom. The molecule has 0 aromatic carbocycles. The predicted molar refractivity (Wildman–Crippen MR) is 112 cm³/mol. The maximum absolute atomic E-state index is 12.1. The number of rotatable bonds is 7. The molecule has 3 rings (SSSR count). The molecule has 1 unspecified atom stereocenters. The lowest BCUT2D eigenvalue weighted by Gasteiger charge is -2.33. The van der Waals surface area contributed by atoms with Crippen LogP contribution in [0, 0.1) is 0 Å². The molecule has 1 aromatic rings. The summed E-state index contributed by atoms with van der Waals surface area (Å²) in [5, 5.41) is 4.38. The number of ether oxygens (including phenoxy) is 1. The molecular formula is C20H31F3N6O2. The van der Waals surface area contributed by atoms with Crippen molar-refractivity contribution in [3.8, 4) is 5.88 Å². The van der Waals surface area contributed by atoms with Crippen LogP contribution < -0.4 is 20.3 Å². The topological polar surface area (TPSA) is 82.6 Å². The van der Waals surface area contributed by atoms with Crippen molar-refractivity contribution in [3.05, 3.63) is 24.2 Å². The van der Waals surface area contributed by atoms with E-state index in [1.807, 2.05) is 11.4 Å². The van der Waals surface area contributed by atoms with Crippen LogP contribution in [0.3, 0.4) is 0 Å². The Morgan fingerprint density at radius 1 is 1.23 bits per heavy atom. The molecule has 1 saturated heterocycles. The number of aldehydes is 1. The van der Waals surface area contributed by atoms with E-state index in [-0.39, 0.29) is 5.70 Å². The average Bonchev–Trinajstić information content (AvgIpc) is 2.72. The van der Waals surface area contributed by atoms with Gasteiger partial charge in [0, 0.05) is 39.3 Å². The number of carbonyl (C=O) groups excluding carboxylic acids is 1. The molecule has 8 nitrogen and oxygen atoms in total. The van der Waals surface area contributed by atoms with Crippen LogP contribution in [-0.4, -0.2) is 86.8 Å². The highest BCUT2D eigenvalue weighted by molar-refractivity contribution is 5.72. The second-order valence-corrected chi connectivity index (χ2v) is 7.47. The fraction of sp³-hybridized carbons (Fsp3) is 0.650. The normalized spacial score (nSPS) is 19.0. The number of likely N-dealkylation sites (N-methyl/N-ethyl adjacent to an activating group) is 3. The SMILES string of the molecule is CN/C(C=O)=C\C(NC)C(F)(F)F.CN1CCN(c2cc(OC3CCC3)ncn2)CC1. The summed E-state index contributed by atoms with van der Waals surface area (Å²) >= 11 is 0. The van der Waals surface area contributed by atoms with Gasteiger partial charge in [0.05, 0.1) is 5.70 Å². The molecule has 2 aliphatic rings. The van der Waals surface area contributed by atoms with E-state index >= 15 is 0 Å². The third-order valence-electron chi connectivity index (χ3n) is 5.22. The molecule has 1 aliphatic heterocycles. The molecule has 0 amide bonds. The van der Waals surface area contributed by atoms with E-state index in [4.69, 9.17) is 4.74 Å². The minimum atomic E-state index is -4.39. The van der Waals surface area contributed by atoms with Gasteiger partial charge in [0.15, 0.2) is 6.29 Å². The first-order valence-electron chi connectivity index (χ1n) is 10.3. The summed E-state index contributed by atoms with van der Waals surface area (Å²) in [7, 11) is 4.71. The monoisotopic (exact) mass is 444 g/mol. The van der Waals surface area contributed by atoms with Crippen molar-refractivity contribution >= 4 is 12.1 Å². The summed E-state index contributed by atoms with van der Waals surface area (Å²) in [5.41, 5.74) is -0.100. The number of hydrogen-bond donors (Lipinski definition) is 2. The van der Waals surface area contributed by atoms with Gasteiger partial charge in [-0.1, -0.05) is 0 Å². The van der Waals surface area contributed by atoms with E-state index in [0.717, 1.165) is 56.8 Å². The van der Waals surface area contributed by atoms with Gasteiger partial charge in [-0.2, -0.15) is 13.2 Å². The van der Waals surface area contributed by atoms with Crippen LogP contribution in [-0.2, 0) is 4.79 Å². The van der Waals surface area contributed by atoms with E-state index < -0.39 is 12.2 Å². The van der Waals surface area contributed by atoms with Crippen molar-refractivity contribution in [1.82, 2.24) is 25.5 Å². The van der Waals surface area contributed by atoms with Crippen molar-refractivity contribution < 1.29 is 22.7 Å². The van der Waals surface area contributed by atoms with Crippen LogP contribution in [0.15, 0.2) is 24.2 Å². The van der Waals surface area contributed by atoms with Gasteiger partial charge >= 0.3 is 6.18 Å². The highest BCUT2D eigenvalue weighted by Crippen LogP contribution is 2.25. The highest BCUT2D eigenvalue weighted by Gasteiger charge is 2.37. The smallest absolute Gasteiger partial charge is 0.407 e. The standard InChI is InChI=1S/C13H20N4O.C7H11F3N2O/c1-16-5-7-17(8-6-16)12-9-13(15-10-14-12)18-11-3-2-4-11;1-11-5(4-13)3-6(12-2)7(8,9)10/h9-11H,2-8H2,1H3;3-4,6,11-12H,1-2H3/b;5-3-. The van der Waals surface area contributed by atoms with Gasteiger partial charge in [-0.15, -0.1) is 0 Å². The van der Waals surface area contributed by atoms with Gasteiger partial charge < -0.3 is 25.2 Å². The molecule has 1 saturated carbocycles. The van der Waals surface area contributed by atoms with Gasteiger partial charge in [-0.25, -0.2) is 9.97 Å². The number of carbonyl (C=O) groups is 1. The number of hydrogen-bond acceptors (Lipinski definition) is 8. The predicted octanol–water partition coefficient (Wildman–Crippen LogP) is 1.60. The lowest BCUT2D eigenvalue weighted by molar-refractivity contribution is -0.143. The number of anilines is 1. The molecule has 0 spiro atoms. The fourth-order valence-electron chi connectivity index (χ4n) is 2.96. The van der Waals surface area contributed by atoms with Gasteiger partial charge in [0.1, 0.15) is 24.3 Å². The summed E-state index contributed by atoms with van der Waals surface area (Å²) < 4.78 is 42.1. The first-order valence-corrected chi connectivity index (χ1v) is 10.3. The summed E-state index contributed by atoms with van der Waals surface area (Å²) in [6.45, 7) is 4.22. The molecule has 2 fully saturated rings. The molecule has 11 heteroatoms. The summed E-state index contributed by atoms with van der Waals surface area (Å²) in [4.78, 5) is 23.4. The minimum absolute atomic E-state index is 0.100. The Labute approximate surface area is 180 Å². The molecule has 0 radical (unpaired) electrons. The van der Waals surface area contributed by atoms with E-state index in [1.165, 1.54) is 20.5 Å². The number of piperazine rings is 1. The van der Waals surface area contributed by atoms with Crippen molar-refractivity contribution in [3.63, 3.8) is 0 Å². The van der Waals surface area contributed by atoms with Crippen LogP contribution in [0.25, 0.3) is 0 Å². The summed E-state index contributed by atoms with van der Waals surface area (Å²) in [5.74, 6) is 1.72. The quantitative estimate of drug-likeness (QED) is 0.485. The van der Waals surface area contributed by atoms with Crippen LogP contribution in [0.1, 0.15) is 19.3 Å². The maximum atomic E-state index is 12.1. The Morgan fingerprint density at radius 3 is 2.39 bits per heavy atom. The van der Waals surface area contributed by atoms with Crippen molar-refractivity contribution in [2.45, 2.75) is 37.6 Å². The number of nitrogens with zero attached hydrogens (tertiary/aromatic N) is 4. The molecule has 1 atom stereocenters. The Balaban J connectivity index is 0.000000235. The molecule has 2 heterocycles. The maximum Gasteiger partial charge on any atom is 0.407 e. The van der Waals surface area contributed by atoms with Gasteiger partial charge in [-0.05, 0) is 39.4 Å². The van der Waals surface area contributed by atoms with Gasteiger partial charge in [-0.3, -0.25) is 4.79 Å². The second kappa shape index (κ2) is 11.8. The zero-order valence-electron chi connectivity index (χ0n) is 18.2. The number of aromatic nitrogens is 2. The van der Waals surface area contributed by atoms with Crippen LogP contribution in [0.5, 0.6) is 5.88 Å². The molecule has 174 valence electrons. The van der Waals surface area contributed by atoms with Crippen LogP contribution in [0.2, 0.25) is 0 Å². The van der Waals surface area contributed by atoms with Crippen LogP contribution in [0.4, 0.5) is 19.0 Å². The molecular weight excluding hydrogens is 413 g/mol. The molecule has 2 N–H and O–H groups in total. The zero-order chi connectivity index (χ0) is 22.9. The van der Waals surface area contributed by atoms with Gasteiger partial charge in [0.25, 0.3) is 0 Å². The van der Waals surface area contributed by atoms with E-state index in [1.54, 1.807) is 6.33 Å². The van der Waals surface area contributed by atoms with E-state index in [0.29, 0.717) is 12.4 Å². The molecule has 31 heavy (non-hydrogen) atoms. The number of allylic oxidation sites excluding steroid dienone is 1. The number of alkyl halides is 3. The third-order valence-corrected chi connectivity index (χ3v) is 5.22. The lowest BCUT2D eigenvalue weighted by Crippen LogP contribution is -2.44. The second-order valence-electron chi connectivity index (χ2n) is 7.47. The third kappa shape index (κ3) is 7.98. The zero-order valence-corrected chi connectivity index (χ0v) is 18.2. The first kappa shape index (κ1) is 24.9.